The fraction of sp³-hybridized carbons (Fsp3) is 0.571. The molecule has 0 radical (unpaired) electrons. The van der Waals surface area contributed by atoms with Gasteiger partial charge >= 0.3 is 11.9 Å². The molecule has 0 fully saturated rings. The maximum absolute atomic E-state index is 11.2. The lowest BCUT2D eigenvalue weighted by Crippen LogP contribution is -2.51. The molecule has 106 valence electrons. The Morgan fingerprint density at radius 3 is 2.11 bits per heavy atom. The fourth-order valence-corrected chi connectivity index (χ4v) is 2.13. The number of allylic oxidation sites excluding steroid dienone is 1. The zero-order valence-corrected chi connectivity index (χ0v) is 12.2. The second kappa shape index (κ2) is 4.81. The average Bonchev–Trinajstić information content (AvgIpc) is 2.23. The standard InChI is InChI=1S/C14H20O5/c1-8-7-12(18-10(3)15)9(2)13(5,6)14(8,17)19-11(4)16/h7,17H,1-6H3. The summed E-state index contributed by atoms with van der Waals surface area (Å²) < 4.78 is 10.2. The molecule has 0 saturated carbocycles. The van der Waals surface area contributed by atoms with Gasteiger partial charge in [-0.15, -0.1) is 0 Å². The molecule has 1 unspecified atom stereocenters. The smallest absolute Gasteiger partial charge is 0.308 e. The van der Waals surface area contributed by atoms with Crippen molar-refractivity contribution in [1.29, 1.82) is 0 Å². The van der Waals surface area contributed by atoms with Crippen molar-refractivity contribution in [1.82, 2.24) is 0 Å². The van der Waals surface area contributed by atoms with E-state index in [-0.39, 0.29) is 0 Å². The number of carbonyl (C=O) groups is 2. The van der Waals surface area contributed by atoms with Crippen LogP contribution in [0, 0.1) is 5.41 Å². The molecule has 0 aliphatic heterocycles. The quantitative estimate of drug-likeness (QED) is 0.613. The molecule has 1 N–H and O–H groups in total. The van der Waals surface area contributed by atoms with Crippen LogP contribution in [-0.2, 0) is 19.1 Å². The molecule has 0 aromatic heterocycles. The largest absolute Gasteiger partial charge is 0.428 e. The van der Waals surface area contributed by atoms with Gasteiger partial charge in [-0.3, -0.25) is 9.59 Å². The van der Waals surface area contributed by atoms with Crippen LogP contribution in [-0.4, -0.2) is 22.8 Å². The van der Waals surface area contributed by atoms with Crippen LogP contribution in [0.2, 0.25) is 0 Å². The molecule has 0 aromatic carbocycles. The number of hydrogen-bond acceptors (Lipinski definition) is 5. The zero-order chi connectivity index (χ0) is 15.0. The van der Waals surface area contributed by atoms with E-state index in [0.717, 1.165) is 0 Å². The molecule has 1 rings (SSSR count). The summed E-state index contributed by atoms with van der Waals surface area (Å²) in [5.74, 6) is -2.38. The monoisotopic (exact) mass is 268 g/mol. The van der Waals surface area contributed by atoms with Crippen molar-refractivity contribution in [3.8, 4) is 0 Å². The summed E-state index contributed by atoms with van der Waals surface area (Å²) in [6.45, 7) is 9.36. The van der Waals surface area contributed by atoms with E-state index in [1.165, 1.54) is 19.9 Å². The van der Waals surface area contributed by atoms with E-state index < -0.39 is 23.1 Å². The van der Waals surface area contributed by atoms with Crippen LogP contribution in [0.1, 0.15) is 41.5 Å². The van der Waals surface area contributed by atoms with Gasteiger partial charge in [0.05, 0.1) is 5.41 Å². The highest BCUT2D eigenvalue weighted by Crippen LogP contribution is 2.48. The van der Waals surface area contributed by atoms with Gasteiger partial charge in [0.15, 0.2) is 0 Å². The van der Waals surface area contributed by atoms with Crippen LogP contribution in [0.3, 0.4) is 0 Å². The summed E-state index contributed by atoms with van der Waals surface area (Å²) in [5, 5.41) is 10.7. The Labute approximate surface area is 112 Å². The van der Waals surface area contributed by atoms with Crippen LogP contribution in [0.15, 0.2) is 23.0 Å². The van der Waals surface area contributed by atoms with Gasteiger partial charge in [-0.25, -0.2) is 0 Å². The molecule has 1 aliphatic carbocycles. The first-order valence-electron chi connectivity index (χ1n) is 6.03. The molecule has 1 aliphatic rings. The number of esters is 2. The average molecular weight is 268 g/mol. The van der Waals surface area contributed by atoms with Gasteiger partial charge in [-0.05, 0) is 39.3 Å². The topological polar surface area (TPSA) is 72.8 Å². The maximum Gasteiger partial charge on any atom is 0.308 e. The van der Waals surface area contributed by atoms with Gasteiger partial charge < -0.3 is 14.6 Å². The van der Waals surface area contributed by atoms with Gasteiger partial charge in [0, 0.05) is 19.4 Å². The molecule has 0 amide bonds. The summed E-state index contributed by atoms with van der Waals surface area (Å²) in [4.78, 5) is 22.3. The summed E-state index contributed by atoms with van der Waals surface area (Å²) in [5.41, 5.74) is 0.147. The molecule has 19 heavy (non-hydrogen) atoms. The van der Waals surface area contributed by atoms with Gasteiger partial charge in [-0.2, -0.15) is 0 Å². The number of rotatable bonds is 2. The predicted molar refractivity (Wildman–Crippen MR) is 68.7 cm³/mol. The Morgan fingerprint density at radius 1 is 1.16 bits per heavy atom. The number of ether oxygens (including phenoxy) is 2. The van der Waals surface area contributed by atoms with Crippen molar-refractivity contribution < 1.29 is 24.2 Å². The van der Waals surface area contributed by atoms with Crippen molar-refractivity contribution in [3.05, 3.63) is 23.0 Å². The molecule has 0 aromatic rings. The molecule has 5 nitrogen and oxygen atoms in total. The number of carbonyl (C=O) groups excluding carboxylic acids is 2. The minimum absolute atomic E-state index is 0.381. The third-order valence-electron chi connectivity index (χ3n) is 3.58. The van der Waals surface area contributed by atoms with Crippen LogP contribution in [0.5, 0.6) is 0 Å². The third-order valence-corrected chi connectivity index (χ3v) is 3.58. The molecule has 1 atom stereocenters. The molecule has 0 heterocycles. The molecule has 0 spiro atoms. The normalized spacial score (nSPS) is 25.7. The highest BCUT2D eigenvalue weighted by molar-refractivity contribution is 5.69. The van der Waals surface area contributed by atoms with E-state index in [1.54, 1.807) is 27.7 Å². The number of aliphatic hydroxyl groups is 1. The molecular formula is C14H20O5. The van der Waals surface area contributed by atoms with Crippen molar-refractivity contribution in [2.75, 3.05) is 0 Å². The number of hydrogen-bond donors (Lipinski definition) is 1. The molecule has 0 saturated heterocycles. The van der Waals surface area contributed by atoms with Crippen molar-refractivity contribution in [2.24, 2.45) is 5.41 Å². The Bertz CT molecular complexity index is 484. The second-order valence-electron chi connectivity index (χ2n) is 5.27. The van der Waals surface area contributed by atoms with Crippen LogP contribution in [0.4, 0.5) is 0 Å². The van der Waals surface area contributed by atoms with E-state index >= 15 is 0 Å². The Kier molecular flexibility index (Phi) is 3.91. The highest BCUT2D eigenvalue weighted by atomic mass is 16.7. The maximum atomic E-state index is 11.2. The zero-order valence-electron chi connectivity index (χ0n) is 12.2. The molecule has 0 bridgehead atoms. The Hall–Kier alpha value is -1.62. The Balaban J connectivity index is 3.33. The first-order valence-corrected chi connectivity index (χ1v) is 6.03. The lowest BCUT2D eigenvalue weighted by atomic mass is 9.70. The van der Waals surface area contributed by atoms with Crippen LogP contribution < -0.4 is 0 Å². The lowest BCUT2D eigenvalue weighted by molar-refractivity contribution is -0.225. The van der Waals surface area contributed by atoms with Crippen LogP contribution in [0.25, 0.3) is 0 Å². The van der Waals surface area contributed by atoms with E-state index in [0.29, 0.717) is 16.9 Å². The minimum Gasteiger partial charge on any atom is -0.428 e. The van der Waals surface area contributed by atoms with E-state index in [1.807, 2.05) is 0 Å². The van der Waals surface area contributed by atoms with Crippen molar-refractivity contribution >= 4 is 11.9 Å². The van der Waals surface area contributed by atoms with Crippen molar-refractivity contribution in [2.45, 2.75) is 47.3 Å². The predicted octanol–water partition coefficient (Wildman–Crippen LogP) is 2.06. The fourth-order valence-electron chi connectivity index (χ4n) is 2.13. The van der Waals surface area contributed by atoms with Crippen LogP contribution >= 0.6 is 0 Å². The third kappa shape index (κ3) is 2.56. The summed E-state index contributed by atoms with van der Waals surface area (Å²) in [7, 11) is 0. The second-order valence-corrected chi connectivity index (χ2v) is 5.27. The molecular weight excluding hydrogens is 248 g/mol. The minimum atomic E-state index is -1.74. The summed E-state index contributed by atoms with van der Waals surface area (Å²) >= 11 is 0. The lowest BCUT2D eigenvalue weighted by Gasteiger charge is -2.45. The molecule has 5 heteroatoms. The van der Waals surface area contributed by atoms with E-state index in [9.17, 15) is 14.7 Å². The SMILES string of the molecule is CC(=O)OC1=C(C)C(C)(C)C(O)(OC(C)=O)C(C)=C1. The first-order chi connectivity index (χ1) is 8.52. The van der Waals surface area contributed by atoms with Gasteiger partial charge in [0.1, 0.15) is 5.76 Å². The summed E-state index contributed by atoms with van der Waals surface area (Å²) in [6, 6.07) is 0. The van der Waals surface area contributed by atoms with Crippen molar-refractivity contribution in [3.63, 3.8) is 0 Å². The first kappa shape index (κ1) is 15.4. The van der Waals surface area contributed by atoms with E-state index in [2.05, 4.69) is 0 Å². The Morgan fingerprint density at radius 2 is 1.68 bits per heavy atom. The highest BCUT2D eigenvalue weighted by Gasteiger charge is 2.52. The van der Waals surface area contributed by atoms with Gasteiger partial charge in [0.25, 0.3) is 0 Å². The van der Waals surface area contributed by atoms with E-state index in [4.69, 9.17) is 9.47 Å². The van der Waals surface area contributed by atoms with Gasteiger partial charge in [-0.1, -0.05) is 0 Å². The summed E-state index contributed by atoms with van der Waals surface area (Å²) in [6.07, 6.45) is 1.52. The van der Waals surface area contributed by atoms with Gasteiger partial charge in [0.2, 0.25) is 5.79 Å².